The lowest BCUT2D eigenvalue weighted by atomic mass is 9.99. The maximum absolute atomic E-state index is 2.43. The van der Waals surface area contributed by atoms with E-state index in [1.807, 2.05) is 11.3 Å². The maximum Gasteiger partial charge on any atom is 0.0547 e. The lowest BCUT2D eigenvalue weighted by molar-refractivity contribution is 1.18. The van der Waals surface area contributed by atoms with Crippen molar-refractivity contribution in [1.29, 1.82) is 0 Å². The van der Waals surface area contributed by atoms with Gasteiger partial charge in [0.25, 0.3) is 0 Å². The van der Waals surface area contributed by atoms with Crippen molar-refractivity contribution >= 4 is 81.1 Å². The Hall–Kier alpha value is -6.94. The van der Waals surface area contributed by atoms with Crippen LogP contribution < -0.4 is 4.90 Å². The zero-order valence-corrected chi connectivity index (χ0v) is 30.7. The van der Waals surface area contributed by atoms with Gasteiger partial charge >= 0.3 is 0 Å². The van der Waals surface area contributed by atoms with Crippen molar-refractivity contribution in [2.75, 3.05) is 4.90 Å². The minimum atomic E-state index is 1.11. The topological polar surface area (TPSA) is 8.17 Å². The Labute approximate surface area is 323 Å². The van der Waals surface area contributed by atoms with E-state index in [2.05, 4.69) is 216 Å². The number of anilines is 3. The Balaban J connectivity index is 1.12. The first-order chi connectivity index (χ1) is 27.3. The third-order valence-electron chi connectivity index (χ3n) is 11.0. The van der Waals surface area contributed by atoms with Crippen molar-refractivity contribution in [3.8, 4) is 27.9 Å². The van der Waals surface area contributed by atoms with Gasteiger partial charge in [0.15, 0.2) is 0 Å². The fourth-order valence-corrected chi connectivity index (χ4v) is 9.60. The molecule has 3 heteroatoms. The van der Waals surface area contributed by atoms with E-state index < -0.39 is 0 Å². The summed E-state index contributed by atoms with van der Waals surface area (Å²) in [6, 6.07) is 75.2. The Morgan fingerprint density at radius 1 is 0.382 bits per heavy atom. The number of thiophene rings is 1. The molecule has 9 aromatic carbocycles. The van der Waals surface area contributed by atoms with Crippen molar-refractivity contribution in [2.24, 2.45) is 0 Å². The zero-order valence-electron chi connectivity index (χ0n) is 29.9. The van der Waals surface area contributed by atoms with Gasteiger partial charge in [-0.3, -0.25) is 0 Å². The first kappa shape index (κ1) is 31.6. The van der Waals surface area contributed by atoms with Gasteiger partial charge in [0.2, 0.25) is 0 Å². The molecule has 0 bridgehead atoms. The van der Waals surface area contributed by atoms with Crippen LogP contribution in [-0.4, -0.2) is 4.57 Å². The third kappa shape index (κ3) is 5.24. The number of fused-ring (bicyclic) bond motifs is 8. The van der Waals surface area contributed by atoms with Gasteiger partial charge in [0.1, 0.15) is 0 Å². The SMILES string of the molecule is c1ccc(-c2ccccc2N(c2cccc(-c3ccc4c5c6ccccc6ccc5n(-c5ccccc5)c4c3)c2)c2ccc3c(c2)sc2ccccc23)cc1. The van der Waals surface area contributed by atoms with Crippen molar-refractivity contribution in [3.63, 3.8) is 0 Å². The van der Waals surface area contributed by atoms with Crippen LogP contribution in [0.25, 0.3) is 80.7 Å². The third-order valence-corrected chi connectivity index (χ3v) is 12.1. The predicted molar refractivity (Wildman–Crippen MR) is 237 cm³/mol. The molecule has 11 rings (SSSR count). The Morgan fingerprint density at radius 2 is 1.05 bits per heavy atom. The Morgan fingerprint density at radius 3 is 1.95 bits per heavy atom. The molecule has 0 aliphatic carbocycles. The van der Waals surface area contributed by atoms with Crippen LogP contribution in [0.1, 0.15) is 0 Å². The lowest BCUT2D eigenvalue weighted by Gasteiger charge is -2.28. The second kappa shape index (κ2) is 12.9. The second-order valence-corrected chi connectivity index (χ2v) is 15.2. The first-order valence-electron chi connectivity index (χ1n) is 18.8. The van der Waals surface area contributed by atoms with Gasteiger partial charge in [-0.15, -0.1) is 11.3 Å². The summed E-state index contributed by atoms with van der Waals surface area (Å²) >= 11 is 1.86. The molecule has 258 valence electrons. The van der Waals surface area contributed by atoms with Gasteiger partial charge < -0.3 is 9.47 Å². The molecule has 0 saturated carbocycles. The highest BCUT2D eigenvalue weighted by atomic mass is 32.1. The van der Waals surface area contributed by atoms with E-state index in [1.165, 1.54) is 75.0 Å². The van der Waals surface area contributed by atoms with Crippen LogP contribution in [0.15, 0.2) is 206 Å². The molecule has 11 aromatic rings. The van der Waals surface area contributed by atoms with Crippen LogP contribution in [0.2, 0.25) is 0 Å². The molecular formula is C52H34N2S. The number of benzene rings is 9. The standard InChI is InChI=1S/C52H34N2S/c1-3-14-35(15-4-1)42-21-9-11-24-47(42)53(41-28-30-45-44-23-10-12-25-50(44)55-51(45)34-41)40-20-13-17-37(32-40)38-26-29-46-49(33-38)54(39-18-5-2-6-19-39)48-31-27-36-16-7-8-22-43(36)52(46)48/h1-34H. The lowest BCUT2D eigenvalue weighted by Crippen LogP contribution is -2.11. The number of hydrogen-bond donors (Lipinski definition) is 0. The molecule has 0 radical (unpaired) electrons. The molecule has 55 heavy (non-hydrogen) atoms. The number of rotatable bonds is 6. The number of hydrogen-bond acceptors (Lipinski definition) is 2. The zero-order chi connectivity index (χ0) is 36.3. The van der Waals surface area contributed by atoms with Crippen LogP contribution in [-0.2, 0) is 0 Å². The molecule has 0 fully saturated rings. The largest absolute Gasteiger partial charge is 0.310 e. The van der Waals surface area contributed by atoms with Crippen molar-refractivity contribution in [1.82, 2.24) is 4.57 Å². The number of aromatic nitrogens is 1. The molecule has 2 nitrogen and oxygen atoms in total. The van der Waals surface area contributed by atoms with Crippen LogP contribution in [0.5, 0.6) is 0 Å². The van der Waals surface area contributed by atoms with Gasteiger partial charge in [-0.2, -0.15) is 0 Å². The van der Waals surface area contributed by atoms with Crippen molar-refractivity contribution in [2.45, 2.75) is 0 Å². The quantitative estimate of drug-likeness (QED) is 0.166. The molecule has 0 spiro atoms. The van der Waals surface area contributed by atoms with Crippen molar-refractivity contribution in [3.05, 3.63) is 206 Å². The fourth-order valence-electron chi connectivity index (χ4n) is 8.46. The molecule has 2 aromatic heterocycles. The highest BCUT2D eigenvalue weighted by molar-refractivity contribution is 7.25. The second-order valence-electron chi connectivity index (χ2n) is 14.1. The summed E-state index contributed by atoms with van der Waals surface area (Å²) in [6.45, 7) is 0. The van der Waals surface area contributed by atoms with Gasteiger partial charge in [0, 0.05) is 53.6 Å². The molecule has 0 amide bonds. The highest BCUT2D eigenvalue weighted by Crippen LogP contribution is 2.45. The van der Waals surface area contributed by atoms with Crippen LogP contribution >= 0.6 is 11.3 Å². The summed E-state index contributed by atoms with van der Waals surface area (Å²) in [6.07, 6.45) is 0. The molecule has 2 heterocycles. The van der Waals surface area contributed by atoms with E-state index in [4.69, 9.17) is 0 Å². The number of nitrogens with zero attached hydrogens (tertiary/aromatic N) is 2. The van der Waals surface area contributed by atoms with Gasteiger partial charge in [-0.05, 0) is 88.1 Å². The van der Waals surface area contributed by atoms with E-state index >= 15 is 0 Å². The summed E-state index contributed by atoms with van der Waals surface area (Å²) in [5, 5.41) is 7.68. The van der Waals surface area contributed by atoms with E-state index in [9.17, 15) is 0 Å². The molecule has 0 aliphatic heterocycles. The van der Waals surface area contributed by atoms with Crippen molar-refractivity contribution < 1.29 is 0 Å². The molecule has 0 atom stereocenters. The molecule has 0 aliphatic rings. The Bertz CT molecular complexity index is 3210. The Kier molecular flexibility index (Phi) is 7.39. The predicted octanol–water partition coefficient (Wildman–Crippen LogP) is 15.1. The van der Waals surface area contributed by atoms with E-state index in [1.54, 1.807) is 0 Å². The first-order valence-corrected chi connectivity index (χ1v) is 19.6. The summed E-state index contributed by atoms with van der Waals surface area (Å²) in [4.78, 5) is 2.43. The average molecular weight is 719 g/mol. The monoisotopic (exact) mass is 718 g/mol. The van der Waals surface area contributed by atoms with Crippen LogP contribution in [0.3, 0.4) is 0 Å². The molecule has 0 N–H and O–H groups in total. The number of para-hydroxylation sites is 2. The normalized spacial score (nSPS) is 11.6. The minimum Gasteiger partial charge on any atom is -0.310 e. The molecular weight excluding hydrogens is 685 g/mol. The molecule has 0 saturated heterocycles. The summed E-state index contributed by atoms with van der Waals surface area (Å²) in [7, 11) is 0. The van der Waals surface area contributed by atoms with Gasteiger partial charge in [0.05, 0.1) is 16.7 Å². The fraction of sp³-hybridized carbons (Fsp3) is 0. The smallest absolute Gasteiger partial charge is 0.0547 e. The van der Waals surface area contributed by atoms with Gasteiger partial charge in [-0.25, -0.2) is 0 Å². The van der Waals surface area contributed by atoms with E-state index in [-0.39, 0.29) is 0 Å². The summed E-state index contributed by atoms with van der Waals surface area (Å²) in [5.41, 5.74) is 11.7. The average Bonchev–Trinajstić information content (AvgIpc) is 3.80. The minimum absolute atomic E-state index is 1.11. The van der Waals surface area contributed by atoms with Gasteiger partial charge in [-0.1, -0.05) is 146 Å². The maximum atomic E-state index is 2.43. The summed E-state index contributed by atoms with van der Waals surface area (Å²) < 4.78 is 5.01. The molecule has 0 unspecified atom stereocenters. The highest BCUT2D eigenvalue weighted by Gasteiger charge is 2.20. The van der Waals surface area contributed by atoms with Crippen LogP contribution in [0.4, 0.5) is 17.1 Å². The van der Waals surface area contributed by atoms with E-state index in [0.29, 0.717) is 0 Å². The van der Waals surface area contributed by atoms with Crippen LogP contribution in [0, 0.1) is 0 Å². The van der Waals surface area contributed by atoms with E-state index in [0.717, 1.165) is 22.7 Å². The summed E-state index contributed by atoms with van der Waals surface area (Å²) in [5.74, 6) is 0.